The number of nitrogens with zero attached hydrogens (tertiary/aromatic N) is 1. The van der Waals surface area contributed by atoms with Crippen LogP contribution in [0.5, 0.6) is 0 Å². The zero-order valence-corrected chi connectivity index (χ0v) is 8.02. The van der Waals surface area contributed by atoms with Crippen LogP contribution in [0.1, 0.15) is 0 Å². The molecule has 0 aliphatic heterocycles. The molecule has 0 bridgehead atoms. The second-order valence-electron chi connectivity index (χ2n) is 1.91. The SMILES string of the molecule is CS(C)=O.Clc1ccncc1. The van der Waals surface area contributed by atoms with Gasteiger partial charge in [-0.05, 0) is 12.1 Å². The molecule has 1 rings (SSSR count). The Morgan fingerprint density at radius 1 is 1.36 bits per heavy atom. The summed E-state index contributed by atoms with van der Waals surface area (Å²) in [6.07, 6.45) is 6.59. The van der Waals surface area contributed by atoms with Crippen molar-refractivity contribution in [2.24, 2.45) is 0 Å². The van der Waals surface area contributed by atoms with Gasteiger partial charge in [0.1, 0.15) is 0 Å². The Morgan fingerprint density at radius 2 is 1.73 bits per heavy atom. The van der Waals surface area contributed by atoms with E-state index in [1.165, 1.54) is 0 Å². The highest BCUT2D eigenvalue weighted by Crippen LogP contribution is 2.01. The van der Waals surface area contributed by atoms with Gasteiger partial charge in [0.15, 0.2) is 0 Å². The van der Waals surface area contributed by atoms with E-state index in [1.807, 2.05) is 0 Å². The van der Waals surface area contributed by atoms with Crippen LogP contribution in [-0.4, -0.2) is 21.7 Å². The first-order valence-corrected chi connectivity index (χ1v) is 5.28. The van der Waals surface area contributed by atoms with Crippen molar-refractivity contribution in [1.29, 1.82) is 0 Å². The van der Waals surface area contributed by atoms with Gasteiger partial charge in [0, 0.05) is 40.7 Å². The molecule has 0 spiro atoms. The van der Waals surface area contributed by atoms with Crippen LogP contribution in [0.15, 0.2) is 24.5 Å². The fraction of sp³-hybridized carbons (Fsp3) is 0.286. The lowest BCUT2D eigenvalue weighted by Crippen LogP contribution is -1.70. The third-order valence-corrected chi connectivity index (χ3v) is 0.892. The Labute approximate surface area is 74.1 Å². The average Bonchev–Trinajstić information content (AvgIpc) is 1.87. The summed E-state index contributed by atoms with van der Waals surface area (Å²) < 4.78 is 9.56. The summed E-state index contributed by atoms with van der Waals surface area (Å²) in [6.45, 7) is 0. The molecule has 0 saturated heterocycles. The standard InChI is InChI=1S/C5H4ClN.C2H6OS/c6-5-1-3-7-4-2-5;1-4(2)3/h1-4H;1-2H3. The molecule has 0 fully saturated rings. The Morgan fingerprint density at radius 3 is 1.91 bits per heavy atom. The summed E-state index contributed by atoms with van der Waals surface area (Å²) in [5.41, 5.74) is 0. The van der Waals surface area contributed by atoms with E-state index in [-0.39, 0.29) is 0 Å². The fourth-order valence-corrected chi connectivity index (χ4v) is 0.446. The molecule has 0 aliphatic rings. The van der Waals surface area contributed by atoms with Crippen molar-refractivity contribution in [3.63, 3.8) is 0 Å². The summed E-state index contributed by atoms with van der Waals surface area (Å²) in [7, 11) is -0.611. The van der Waals surface area contributed by atoms with E-state index >= 15 is 0 Å². The Balaban J connectivity index is 0.000000218. The highest BCUT2D eigenvalue weighted by molar-refractivity contribution is 7.83. The molecule has 0 unspecified atom stereocenters. The van der Waals surface area contributed by atoms with Gasteiger partial charge in [-0.1, -0.05) is 11.6 Å². The first-order valence-electron chi connectivity index (χ1n) is 2.93. The molecule has 0 aromatic carbocycles. The van der Waals surface area contributed by atoms with Gasteiger partial charge in [-0.25, -0.2) is 0 Å². The van der Waals surface area contributed by atoms with Gasteiger partial charge in [-0.2, -0.15) is 0 Å². The molecular formula is C7H10ClNOS. The van der Waals surface area contributed by atoms with E-state index in [1.54, 1.807) is 37.0 Å². The molecule has 1 aromatic rings. The van der Waals surface area contributed by atoms with Crippen molar-refractivity contribution in [1.82, 2.24) is 4.98 Å². The van der Waals surface area contributed by atoms with E-state index in [2.05, 4.69) is 4.98 Å². The number of pyridine rings is 1. The topological polar surface area (TPSA) is 30.0 Å². The van der Waals surface area contributed by atoms with Gasteiger partial charge in [0.2, 0.25) is 0 Å². The number of aromatic nitrogens is 1. The summed E-state index contributed by atoms with van der Waals surface area (Å²) in [5.74, 6) is 0. The molecule has 4 heteroatoms. The lowest BCUT2D eigenvalue weighted by atomic mass is 10.5. The van der Waals surface area contributed by atoms with Crippen LogP contribution in [-0.2, 0) is 10.8 Å². The van der Waals surface area contributed by atoms with Crippen LogP contribution in [0.4, 0.5) is 0 Å². The minimum absolute atomic E-state index is 0.611. The second-order valence-corrected chi connectivity index (χ2v) is 3.83. The molecular weight excluding hydrogens is 182 g/mol. The van der Waals surface area contributed by atoms with Gasteiger partial charge in [0.05, 0.1) is 0 Å². The predicted molar refractivity (Wildman–Crippen MR) is 49.2 cm³/mol. The van der Waals surface area contributed by atoms with Crippen LogP contribution in [0.2, 0.25) is 5.02 Å². The van der Waals surface area contributed by atoms with Crippen molar-refractivity contribution in [2.75, 3.05) is 12.5 Å². The van der Waals surface area contributed by atoms with E-state index in [0.29, 0.717) is 0 Å². The smallest absolute Gasteiger partial charge is 0.0436 e. The quantitative estimate of drug-likeness (QED) is 0.625. The number of hydrogen-bond donors (Lipinski definition) is 0. The van der Waals surface area contributed by atoms with Crippen LogP contribution in [0.25, 0.3) is 0 Å². The van der Waals surface area contributed by atoms with Gasteiger partial charge >= 0.3 is 0 Å². The van der Waals surface area contributed by atoms with Crippen molar-refractivity contribution in [3.8, 4) is 0 Å². The molecule has 1 heterocycles. The van der Waals surface area contributed by atoms with Gasteiger partial charge < -0.3 is 0 Å². The molecule has 0 radical (unpaired) electrons. The predicted octanol–water partition coefficient (Wildman–Crippen LogP) is 1.73. The zero-order valence-electron chi connectivity index (χ0n) is 6.45. The molecule has 11 heavy (non-hydrogen) atoms. The van der Waals surface area contributed by atoms with E-state index in [0.717, 1.165) is 5.02 Å². The van der Waals surface area contributed by atoms with Crippen molar-refractivity contribution >= 4 is 22.4 Å². The van der Waals surface area contributed by atoms with Crippen molar-refractivity contribution in [2.45, 2.75) is 0 Å². The van der Waals surface area contributed by atoms with Gasteiger partial charge in [-0.3, -0.25) is 9.19 Å². The third-order valence-electron chi connectivity index (χ3n) is 0.640. The molecule has 0 atom stereocenters. The minimum atomic E-state index is -0.611. The summed E-state index contributed by atoms with van der Waals surface area (Å²) in [6, 6.07) is 3.48. The van der Waals surface area contributed by atoms with E-state index < -0.39 is 10.8 Å². The Hall–Kier alpha value is -0.410. The molecule has 0 aliphatic carbocycles. The molecule has 2 nitrogen and oxygen atoms in total. The fourth-order valence-electron chi connectivity index (χ4n) is 0.334. The molecule has 0 amide bonds. The molecule has 62 valence electrons. The van der Waals surface area contributed by atoms with E-state index in [4.69, 9.17) is 11.6 Å². The van der Waals surface area contributed by atoms with Crippen LogP contribution < -0.4 is 0 Å². The first kappa shape index (κ1) is 10.6. The van der Waals surface area contributed by atoms with Crippen molar-refractivity contribution < 1.29 is 4.21 Å². The third kappa shape index (κ3) is 9.59. The first-order chi connectivity index (χ1) is 5.13. The molecule has 0 saturated carbocycles. The summed E-state index contributed by atoms with van der Waals surface area (Å²) >= 11 is 5.50. The summed E-state index contributed by atoms with van der Waals surface area (Å²) in [5, 5.41) is 0.731. The lowest BCUT2D eigenvalue weighted by Gasteiger charge is -1.79. The minimum Gasteiger partial charge on any atom is -0.265 e. The zero-order chi connectivity index (χ0) is 8.69. The van der Waals surface area contributed by atoms with Gasteiger partial charge in [0.25, 0.3) is 0 Å². The monoisotopic (exact) mass is 191 g/mol. The number of rotatable bonds is 0. The maximum Gasteiger partial charge on any atom is 0.0436 e. The normalized spacial score (nSPS) is 8.73. The average molecular weight is 192 g/mol. The highest BCUT2D eigenvalue weighted by Gasteiger charge is 1.75. The maximum atomic E-state index is 9.56. The van der Waals surface area contributed by atoms with Crippen LogP contribution >= 0.6 is 11.6 Å². The van der Waals surface area contributed by atoms with Gasteiger partial charge in [-0.15, -0.1) is 0 Å². The molecule has 1 aromatic heterocycles. The van der Waals surface area contributed by atoms with Crippen LogP contribution in [0, 0.1) is 0 Å². The number of halogens is 1. The maximum absolute atomic E-state index is 9.56. The molecule has 0 N–H and O–H groups in total. The summed E-state index contributed by atoms with van der Waals surface area (Å²) in [4.78, 5) is 3.76. The Bertz CT molecular complexity index is 211. The van der Waals surface area contributed by atoms with Crippen molar-refractivity contribution in [3.05, 3.63) is 29.5 Å². The Kier molecular flexibility index (Phi) is 6.07. The van der Waals surface area contributed by atoms with E-state index in [9.17, 15) is 4.21 Å². The number of hydrogen-bond acceptors (Lipinski definition) is 2. The van der Waals surface area contributed by atoms with Crippen LogP contribution in [0.3, 0.4) is 0 Å². The highest BCUT2D eigenvalue weighted by atomic mass is 35.5. The second kappa shape index (κ2) is 6.31. The largest absolute Gasteiger partial charge is 0.265 e. The lowest BCUT2D eigenvalue weighted by molar-refractivity contribution is 0.690.